The van der Waals surface area contributed by atoms with Crippen LogP contribution in [0.15, 0.2) is 35.7 Å². The van der Waals surface area contributed by atoms with Crippen LogP contribution in [0.1, 0.15) is 38.8 Å². The zero-order valence-corrected chi connectivity index (χ0v) is 14.3. The van der Waals surface area contributed by atoms with Crippen LogP contribution in [0.2, 0.25) is 0 Å². The molecule has 2 aromatic rings. The topological polar surface area (TPSA) is 23.8 Å². The molecule has 110 valence electrons. The van der Waals surface area contributed by atoms with Gasteiger partial charge in [0.15, 0.2) is 0 Å². The fourth-order valence-corrected chi connectivity index (χ4v) is 4.27. The minimum atomic E-state index is -0.405. The van der Waals surface area contributed by atoms with Gasteiger partial charge in [0.1, 0.15) is 0 Å². The minimum Gasteiger partial charge on any atom is -0.197 e. The van der Waals surface area contributed by atoms with Crippen LogP contribution < -0.4 is 0 Å². The molecule has 0 atom stereocenters. The van der Waals surface area contributed by atoms with Gasteiger partial charge in [-0.25, -0.2) is 0 Å². The molecule has 21 heavy (non-hydrogen) atoms. The maximum Gasteiger partial charge on any atom is 0.0876 e. The van der Waals surface area contributed by atoms with Crippen molar-refractivity contribution in [2.75, 3.05) is 0 Å². The Bertz CT molecular complexity index is 650. The first kappa shape index (κ1) is 15.8. The lowest BCUT2D eigenvalue weighted by Gasteiger charge is -2.34. The Kier molecular flexibility index (Phi) is 4.54. The number of benzene rings is 1. The van der Waals surface area contributed by atoms with E-state index in [9.17, 15) is 5.26 Å². The van der Waals surface area contributed by atoms with Crippen molar-refractivity contribution in [2.45, 2.75) is 40.0 Å². The maximum absolute atomic E-state index is 9.86. The SMILES string of the molecule is Cc1ccccc1-c1cc(C(C#N)(C(C)C)C(C)C)cs1. The fourth-order valence-electron chi connectivity index (χ4n) is 3.20. The molecule has 0 N–H and O–H groups in total. The van der Waals surface area contributed by atoms with E-state index in [-0.39, 0.29) is 0 Å². The maximum atomic E-state index is 9.86. The lowest BCUT2D eigenvalue weighted by atomic mass is 9.66. The minimum absolute atomic E-state index is 0.293. The average Bonchev–Trinajstić information content (AvgIpc) is 2.89. The van der Waals surface area contributed by atoms with Crippen molar-refractivity contribution in [2.24, 2.45) is 11.8 Å². The van der Waals surface area contributed by atoms with Crippen LogP contribution in [0, 0.1) is 30.1 Å². The van der Waals surface area contributed by atoms with E-state index in [1.54, 1.807) is 11.3 Å². The van der Waals surface area contributed by atoms with E-state index in [0.29, 0.717) is 11.8 Å². The van der Waals surface area contributed by atoms with E-state index in [2.05, 4.69) is 76.4 Å². The summed E-state index contributed by atoms with van der Waals surface area (Å²) in [5.74, 6) is 0.587. The molecule has 0 aliphatic rings. The third-order valence-corrected chi connectivity index (χ3v) is 5.46. The number of hydrogen-bond acceptors (Lipinski definition) is 2. The van der Waals surface area contributed by atoms with Crippen molar-refractivity contribution in [1.29, 1.82) is 5.26 Å². The second kappa shape index (κ2) is 6.03. The van der Waals surface area contributed by atoms with Gasteiger partial charge in [0, 0.05) is 4.88 Å². The molecule has 1 aromatic carbocycles. The predicted octanol–water partition coefficient (Wildman–Crippen LogP) is 5.80. The number of nitrogens with zero attached hydrogens (tertiary/aromatic N) is 1. The molecule has 0 spiro atoms. The van der Waals surface area contributed by atoms with Crippen molar-refractivity contribution in [3.63, 3.8) is 0 Å². The van der Waals surface area contributed by atoms with Gasteiger partial charge in [-0.05, 0) is 46.9 Å². The van der Waals surface area contributed by atoms with Crippen molar-refractivity contribution in [3.8, 4) is 16.5 Å². The number of nitriles is 1. The molecule has 0 saturated carbocycles. The van der Waals surface area contributed by atoms with Gasteiger partial charge in [-0.2, -0.15) is 5.26 Å². The van der Waals surface area contributed by atoms with Crippen molar-refractivity contribution in [1.82, 2.24) is 0 Å². The molecule has 2 rings (SSSR count). The normalized spacial score (nSPS) is 11.9. The highest BCUT2D eigenvalue weighted by Gasteiger charge is 2.40. The number of thiophene rings is 1. The summed E-state index contributed by atoms with van der Waals surface area (Å²) in [7, 11) is 0. The van der Waals surface area contributed by atoms with Crippen LogP contribution >= 0.6 is 11.3 Å². The van der Waals surface area contributed by atoms with Crippen LogP contribution in [0.5, 0.6) is 0 Å². The first-order valence-corrected chi connectivity index (χ1v) is 8.37. The Morgan fingerprint density at radius 2 is 1.71 bits per heavy atom. The zero-order valence-electron chi connectivity index (χ0n) is 13.5. The van der Waals surface area contributed by atoms with Gasteiger partial charge in [-0.15, -0.1) is 11.3 Å². The molecule has 0 aliphatic carbocycles. The highest BCUT2D eigenvalue weighted by atomic mass is 32.1. The summed E-state index contributed by atoms with van der Waals surface area (Å²) in [5, 5.41) is 12.0. The largest absolute Gasteiger partial charge is 0.197 e. The van der Waals surface area contributed by atoms with Crippen LogP contribution in [-0.2, 0) is 5.41 Å². The molecular weight excluding hydrogens is 274 g/mol. The monoisotopic (exact) mass is 297 g/mol. The van der Waals surface area contributed by atoms with Crippen LogP contribution in [0.4, 0.5) is 0 Å². The van der Waals surface area contributed by atoms with E-state index < -0.39 is 5.41 Å². The van der Waals surface area contributed by atoms with Gasteiger partial charge in [0.05, 0.1) is 11.5 Å². The van der Waals surface area contributed by atoms with Crippen molar-refractivity contribution >= 4 is 11.3 Å². The Hall–Kier alpha value is -1.59. The van der Waals surface area contributed by atoms with Crippen LogP contribution in [-0.4, -0.2) is 0 Å². The molecule has 0 amide bonds. The average molecular weight is 297 g/mol. The van der Waals surface area contributed by atoms with Gasteiger partial charge in [0.2, 0.25) is 0 Å². The zero-order chi connectivity index (χ0) is 15.6. The number of rotatable bonds is 4. The van der Waals surface area contributed by atoms with Gasteiger partial charge in [0.25, 0.3) is 0 Å². The summed E-state index contributed by atoms with van der Waals surface area (Å²) in [4.78, 5) is 1.25. The molecule has 1 heterocycles. The third-order valence-electron chi connectivity index (χ3n) is 4.49. The fraction of sp³-hybridized carbons (Fsp3) is 0.421. The van der Waals surface area contributed by atoms with E-state index in [0.717, 1.165) is 0 Å². The summed E-state index contributed by atoms with van der Waals surface area (Å²) in [6, 6.07) is 13.3. The molecule has 0 radical (unpaired) electrons. The van der Waals surface area contributed by atoms with Gasteiger partial charge < -0.3 is 0 Å². The summed E-state index contributed by atoms with van der Waals surface area (Å²) in [6.45, 7) is 10.7. The van der Waals surface area contributed by atoms with Gasteiger partial charge >= 0.3 is 0 Å². The highest BCUT2D eigenvalue weighted by Crippen LogP contribution is 2.43. The van der Waals surface area contributed by atoms with E-state index in [1.165, 1.54) is 21.6 Å². The molecular formula is C19H23NS. The van der Waals surface area contributed by atoms with E-state index >= 15 is 0 Å². The third kappa shape index (κ3) is 2.63. The van der Waals surface area contributed by atoms with Crippen LogP contribution in [0.3, 0.4) is 0 Å². The number of aryl methyl sites for hydroxylation is 1. The molecule has 1 nitrogen and oxygen atoms in total. The molecule has 0 unspecified atom stereocenters. The van der Waals surface area contributed by atoms with E-state index in [4.69, 9.17) is 0 Å². The molecule has 2 heteroatoms. The summed E-state index contributed by atoms with van der Waals surface area (Å²) >= 11 is 1.74. The molecule has 0 aliphatic heterocycles. The highest BCUT2D eigenvalue weighted by molar-refractivity contribution is 7.13. The molecule has 0 bridgehead atoms. The standard InChI is InChI=1S/C19H23NS/c1-13(2)19(12-20,14(3)4)16-10-18(21-11-16)17-9-7-6-8-15(17)5/h6-11,13-14H,1-5H3. The lowest BCUT2D eigenvalue weighted by molar-refractivity contribution is 0.296. The Labute approximate surface area is 132 Å². The van der Waals surface area contributed by atoms with Crippen LogP contribution in [0.25, 0.3) is 10.4 Å². The molecule has 1 aromatic heterocycles. The first-order chi connectivity index (χ1) is 9.93. The summed E-state index contributed by atoms with van der Waals surface area (Å²) < 4.78 is 0. The molecule has 0 fully saturated rings. The Morgan fingerprint density at radius 3 is 2.24 bits per heavy atom. The molecule has 0 saturated heterocycles. The summed E-state index contributed by atoms with van der Waals surface area (Å²) in [5.41, 5.74) is 3.31. The second-order valence-electron chi connectivity index (χ2n) is 6.30. The first-order valence-electron chi connectivity index (χ1n) is 7.49. The van der Waals surface area contributed by atoms with Gasteiger partial charge in [-0.3, -0.25) is 0 Å². The Balaban J connectivity index is 2.53. The summed E-state index contributed by atoms with van der Waals surface area (Å²) in [6.07, 6.45) is 0. The smallest absolute Gasteiger partial charge is 0.0876 e. The quantitative estimate of drug-likeness (QED) is 0.700. The lowest BCUT2D eigenvalue weighted by Crippen LogP contribution is -2.35. The second-order valence-corrected chi connectivity index (χ2v) is 7.22. The van der Waals surface area contributed by atoms with E-state index in [1.807, 2.05) is 0 Å². The predicted molar refractivity (Wildman–Crippen MR) is 91.5 cm³/mol. The Morgan fingerprint density at radius 1 is 1.10 bits per heavy atom. The van der Waals surface area contributed by atoms with Gasteiger partial charge in [-0.1, -0.05) is 52.0 Å². The van der Waals surface area contributed by atoms with Crippen molar-refractivity contribution < 1.29 is 0 Å². The van der Waals surface area contributed by atoms with Crippen molar-refractivity contribution in [3.05, 3.63) is 46.8 Å². The number of hydrogen-bond donors (Lipinski definition) is 0.